The van der Waals surface area contributed by atoms with Crippen molar-refractivity contribution >= 4 is 33.0 Å². The monoisotopic (exact) mass is 390 g/mol. The third-order valence-corrected chi connectivity index (χ3v) is 6.16. The Morgan fingerprint density at radius 3 is 2.50 bits per heavy atom. The van der Waals surface area contributed by atoms with Gasteiger partial charge in [0.1, 0.15) is 5.76 Å². The summed E-state index contributed by atoms with van der Waals surface area (Å²) >= 11 is 1.55. The highest BCUT2D eigenvalue weighted by Crippen LogP contribution is 2.28. The van der Waals surface area contributed by atoms with Crippen LogP contribution in [0, 0.1) is 0 Å². The first-order valence-electron chi connectivity index (χ1n) is 7.90. The van der Waals surface area contributed by atoms with Crippen LogP contribution in [0.5, 0.6) is 0 Å². The molecule has 1 aromatic carbocycles. The molecule has 3 rings (SSSR count). The second-order valence-electron chi connectivity index (χ2n) is 5.64. The van der Waals surface area contributed by atoms with Gasteiger partial charge in [-0.05, 0) is 47.8 Å². The number of thiophene rings is 1. The van der Waals surface area contributed by atoms with Crippen molar-refractivity contribution in [2.24, 2.45) is 0 Å². The van der Waals surface area contributed by atoms with Crippen molar-refractivity contribution in [1.29, 1.82) is 0 Å². The van der Waals surface area contributed by atoms with Crippen LogP contribution in [0.2, 0.25) is 0 Å². The molecular formula is C18H18N2O4S2. The van der Waals surface area contributed by atoms with Gasteiger partial charge in [0.15, 0.2) is 0 Å². The van der Waals surface area contributed by atoms with Crippen LogP contribution in [-0.2, 0) is 14.8 Å². The molecule has 0 radical (unpaired) electrons. The normalized spacial score (nSPS) is 12.7. The predicted octanol–water partition coefficient (Wildman–Crippen LogP) is 3.41. The molecule has 136 valence electrons. The fraction of sp³-hybridized carbons (Fsp3) is 0.167. The summed E-state index contributed by atoms with van der Waals surface area (Å²) in [6.45, 7) is 1.58. The number of hydrogen-bond acceptors (Lipinski definition) is 5. The molecule has 3 aromatic rings. The Kier molecular flexibility index (Phi) is 5.55. The molecule has 1 unspecified atom stereocenters. The minimum Gasteiger partial charge on any atom is -0.469 e. The number of amides is 1. The van der Waals surface area contributed by atoms with Gasteiger partial charge in [0.2, 0.25) is 15.9 Å². The zero-order valence-electron chi connectivity index (χ0n) is 14.0. The molecule has 1 atom stereocenters. The summed E-state index contributed by atoms with van der Waals surface area (Å²) in [5.74, 6) is 0.297. The van der Waals surface area contributed by atoms with Crippen LogP contribution in [0.4, 0.5) is 5.69 Å². The lowest BCUT2D eigenvalue weighted by Crippen LogP contribution is -2.28. The number of benzene rings is 1. The summed E-state index contributed by atoms with van der Waals surface area (Å²) < 4.78 is 33.3. The fourth-order valence-electron chi connectivity index (χ4n) is 2.52. The van der Waals surface area contributed by atoms with E-state index in [-0.39, 0.29) is 23.3 Å². The molecule has 2 heterocycles. The van der Waals surface area contributed by atoms with E-state index >= 15 is 0 Å². The summed E-state index contributed by atoms with van der Waals surface area (Å²) in [6.07, 6.45) is 1.57. The second-order valence-corrected chi connectivity index (χ2v) is 8.39. The molecule has 2 N–H and O–H groups in total. The van der Waals surface area contributed by atoms with Crippen LogP contribution in [0.15, 0.2) is 69.5 Å². The maximum Gasteiger partial charge on any atom is 0.240 e. The SMILES string of the molecule is CC(=O)Nc1ccc(S(=O)(=O)NCC(c2ccco2)c2cccs2)cc1. The van der Waals surface area contributed by atoms with Crippen LogP contribution in [0.25, 0.3) is 0 Å². The van der Waals surface area contributed by atoms with E-state index in [9.17, 15) is 13.2 Å². The average molecular weight is 390 g/mol. The van der Waals surface area contributed by atoms with Gasteiger partial charge >= 0.3 is 0 Å². The molecule has 8 heteroatoms. The molecule has 0 fully saturated rings. The van der Waals surface area contributed by atoms with Gasteiger partial charge < -0.3 is 9.73 Å². The highest BCUT2D eigenvalue weighted by molar-refractivity contribution is 7.89. The number of carbonyl (C=O) groups excluding carboxylic acids is 1. The molecule has 0 aliphatic rings. The molecule has 0 saturated carbocycles. The highest BCUT2D eigenvalue weighted by atomic mass is 32.2. The number of hydrogen-bond donors (Lipinski definition) is 2. The van der Waals surface area contributed by atoms with Crippen LogP contribution >= 0.6 is 11.3 Å². The van der Waals surface area contributed by atoms with Crippen LogP contribution < -0.4 is 10.0 Å². The largest absolute Gasteiger partial charge is 0.469 e. The first kappa shape index (κ1) is 18.4. The number of sulfonamides is 1. The molecule has 0 aliphatic heterocycles. The van der Waals surface area contributed by atoms with E-state index in [1.54, 1.807) is 35.8 Å². The molecule has 0 saturated heterocycles. The quantitative estimate of drug-likeness (QED) is 0.647. The molecule has 6 nitrogen and oxygen atoms in total. The smallest absolute Gasteiger partial charge is 0.240 e. The maximum absolute atomic E-state index is 12.6. The topological polar surface area (TPSA) is 88.4 Å². The fourth-order valence-corrected chi connectivity index (χ4v) is 4.40. The van der Waals surface area contributed by atoms with Crippen molar-refractivity contribution in [2.75, 3.05) is 11.9 Å². The summed E-state index contributed by atoms with van der Waals surface area (Å²) in [6, 6.07) is 13.5. The molecule has 26 heavy (non-hydrogen) atoms. The Morgan fingerprint density at radius 2 is 1.92 bits per heavy atom. The van der Waals surface area contributed by atoms with Gasteiger partial charge in [-0.2, -0.15) is 0 Å². The van der Waals surface area contributed by atoms with E-state index in [0.29, 0.717) is 11.4 Å². The zero-order valence-corrected chi connectivity index (χ0v) is 15.6. The minimum atomic E-state index is -3.68. The number of rotatable bonds is 7. The Bertz CT molecular complexity index is 913. The van der Waals surface area contributed by atoms with E-state index < -0.39 is 10.0 Å². The van der Waals surface area contributed by atoms with Crippen LogP contribution in [0.3, 0.4) is 0 Å². The van der Waals surface area contributed by atoms with Gasteiger partial charge in [-0.15, -0.1) is 11.3 Å². The Labute approximate surface area is 155 Å². The molecular weight excluding hydrogens is 372 g/mol. The van der Waals surface area contributed by atoms with Gasteiger partial charge in [0.05, 0.1) is 17.1 Å². The molecule has 0 aliphatic carbocycles. The lowest BCUT2D eigenvalue weighted by Gasteiger charge is -2.14. The van der Waals surface area contributed by atoms with E-state index in [0.717, 1.165) is 4.88 Å². The first-order valence-corrected chi connectivity index (χ1v) is 10.3. The van der Waals surface area contributed by atoms with Gasteiger partial charge in [-0.25, -0.2) is 13.1 Å². The lowest BCUT2D eigenvalue weighted by molar-refractivity contribution is -0.114. The van der Waals surface area contributed by atoms with Gasteiger partial charge in [0.25, 0.3) is 0 Å². The highest BCUT2D eigenvalue weighted by Gasteiger charge is 2.22. The van der Waals surface area contributed by atoms with Crippen molar-refractivity contribution in [3.8, 4) is 0 Å². The molecule has 2 aromatic heterocycles. The summed E-state index contributed by atoms with van der Waals surface area (Å²) in [5.41, 5.74) is 0.545. The zero-order chi connectivity index (χ0) is 18.6. The average Bonchev–Trinajstić information content (AvgIpc) is 3.29. The Hall–Kier alpha value is -2.42. The first-order chi connectivity index (χ1) is 12.5. The summed E-state index contributed by atoms with van der Waals surface area (Å²) in [4.78, 5) is 12.2. The van der Waals surface area contributed by atoms with Gasteiger partial charge in [-0.1, -0.05) is 6.07 Å². The Balaban J connectivity index is 1.75. The third-order valence-electron chi connectivity index (χ3n) is 3.74. The second kappa shape index (κ2) is 7.86. The lowest BCUT2D eigenvalue weighted by atomic mass is 10.1. The number of carbonyl (C=O) groups is 1. The maximum atomic E-state index is 12.6. The summed E-state index contributed by atoms with van der Waals surface area (Å²) in [5, 5.41) is 4.55. The van der Waals surface area contributed by atoms with Crippen LogP contribution in [0.1, 0.15) is 23.5 Å². The van der Waals surface area contributed by atoms with E-state index in [2.05, 4.69) is 10.0 Å². The van der Waals surface area contributed by atoms with Gasteiger partial charge in [0, 0.05) is 24.0 Å². The molecule has 1 amide bonds. The van der Waals surface area contributed by atoms with Gasteiger partial charge in [-0.3, -0.25) is 4.79 Å². The number of furan rings is 1. The molecule has 0 spiro atoms. The summed E-state index contributed by atoms with van der Waals surface area (Å²) in [7, 11) is -3.68. The number of nitrogens with one attached hydrogen (secondary N) is 2. The minimum absolute atomic E-state index is 0.135. The van der Waals surface area contributed by atoms with Crippen molar-refractivity contribution in [3.63, 3.8) is 0 Å². The standard InChI is InChI=1S/C18H18N2O4S2/c1-13(21)20-14-6-8-15(9-7-14)26(22,23)19-12-16(17-4-2-10-24-17)18-5-3-11-25-18/h2-11,16,19H,12H2,1H3,(H,20,21). The van der Waals surface area contributed by atoms with E-state index in [1.807, 2.05) is 23.6 Å². The van der Waals surface area contributed by atoms with Crippen molar-refractivity contribution in [1.82, 2.24) is 4.72 Å². The third kappa shape index (κ3) is 4.40. The van der Waals surface area contributed by atoms with E-state index in [4.69, 9.17) is 4.42 Å². The van der Waals surface area contributed by atoms with E-state index in [1.165, 1.54) is 19.1 Å². The van der Waals surface area contributed by atoms with Crippen molar-refractivity contribution < 1.29 is 17.6 Å². The Morgan fingerprint density at radius 1 is 1.15 bits per heavy atom. The van der Waals surface area contributed by atoms with Crippen molar-refractivity contribution in [3.05, 3.63) is 70.8 Å². The predicted molar refractivity (Wildman–Crippen MR) is 101 cm³/mol. The molecule has 0 bridgehead atoms. The van der Waals surface area contributed by atoms with Crippen molar-refractivity contribution in [2.45, 2.75) is 17.7 Å². The number of anilines is 1. The van der Waals surface area contributed by atoms with Crippen LogP contribution in [-0.4, -0.2) is 20.9 Å².